The highest BCUT2D eigenvalue weighted by molar-refractivity contribution is 6.31. The van der Waals surface area contributed by atoms with Crippen molar-refractivity contribution in [2.45, 2.75) is 45.7 Å². The lowest BCUT2D eigenvalue weighted by molar-refractivity contribution is 0.389. The molecule has 0 saturated heterocycles. The van der Waals surface area contributed by atoms with Crippen LogP contribution in [0.5, 0.6) is 0 Å². The molecule has 1 unspecified atom stereocenters. The van der Waals surface area contributed by atoms with Gasteiger partial charge in [0, 0.05) is 23.1 Å². The molecule has 1 aromatic carbocycles. The van der Waals surface area contributed by atoms with E-state index in [0.29, 0.717) is 6.04 Å². The Kier molecular flexibility index (Phi) is 6.13. The molecule has 18 heavy (non-hydrogen) atoms. The summed E-state index contributed by atoms with van der Waals surface area (Å²) in [4.78, 5) is 0. The molecule has 0 heterocycles. The molecule has 1 rings (SSSR count). The van der Waals surface area contributed by atoms with Crippen LogP contribution in [0.3, 0.4) is 0 Å². The van der Waals surface area contributed by atoms with Gasteiger partial charge in [0.1, 0.15) is 0 Å². The second kappa shape index (κ2) is 7.13. The van der Waals surface area contributed by atoms with Gasteiger partial charge in [0.15, 0.2) is 0 Å². The fraction of sp³-hybridized carbons (Fsp3) is 0.600. The van der Waals surface area contributed by atoms with Crippen molar-refractivity contribution in [1.82, 2.24) is 10.6 Å². The summed E-state index contributed by atoms with van der Waals surface area (Å²) >= 11 is 6.12. The summed E-state index contributed by atoms with van der Waals surface area (Å²) in [7, 11) is 0. The first-order chi connectivity index (χ1) is 8.38. The number of halogens is 1. The SMILES string of the molecule is CC(CNC(C)(C)C)NCCc1ccccc1Cl. The van der Waals surface area contributed by atoms with Crippen molar-refractivity contribution in [2.24, 2.45) is 0 Å². The second-order valence-corrected chi connectivity index (χ2v) is 6.23. The highest BCUT2D eigenvalue weighted by Gasteiger charge is 2.10. The van der Waals surface area contributed by atoms with E-state index in [0.717, 1.165) is 24.5 Å². The van der Waals surface area contributed by atoms with Crippen LogP contribution >= 0.6 is 11.6 Å². The van der Waals surface area contributed by atoms with Crippen molar-refractivity contribution >= 4 is 11.6 Å². The number of nitrogens with one attached hydrogen (secondary N) is 2. The summed E-state index contributed by atoms with van der Waals surface area (Å²) < 4.78 is 0. The lowest BCUT2D eigenvalue weighted by Gasteiger charge is -2.24. The van der Waals surface area contributed by atoms with Crippen LogP contribution in [0.2, 0.25) is 5.02 Å². The number of benzene rings is 1. The lowest BCUT2D eigenvalue weighted by Crippen LogP contribution is -2.45. The van der Waals surface area contributed by atoms with Crippen LogP contribution in [0.4, 0.5) is 0 Å². The Bertz CT molecular complexity index is 358. The first kappa shape index (κ1) is 15.5. The minimum absolute atomic E-state index is 0.179. The molecule has 0 aliphatic carbocycles. The van der Waals surface area contributed by atoms with Crippen molar-refractivity contribution in [3.05, 3.63) is 34.9 Å². The van der Waals surface area contributed by atoms with Crippen LogP contribution in [0, 0.1) is 0 Å². The molecule has 2 nitrogen and oxygen atoms in total. The van der Waals surface area contributed by atoms with Gasteiger partial charge >= 0.3 is 0 Å². The fourth-order valence-electron chi connectivity index (χ4n) is 1.69. The quantitative estimate of drug-likeness (QED) is 0.828. The number of rotatable bonds is 6. The van der Waals surface area contributed by atoms with Gasteiger partial charge in [-0.3, -0.25) is 0 Å². The van der Waals surface area contributed by atoms with Gasteiger partial charge in [-0.2, -0.15) is 0 Å². The van der Waals surface area contributed by atoms with E-state index in [1.54, 1.807) is 0 Å². The van der Waals surface area contributed by atoms with E-state index >= 15 is 0 Å². The summed E-state index contributed by atoms with van der Waals surface area (Å²) in [6, 6.07) is 8.50. The van der Waals surface area contributed by atoms with Gasteiger partial charge in [-0.1, -0.05) is 29.8 Å². The smallest absolute Gasteiger partial charge is 0.0438 e. The molecule has 0 amide bonds. The minimum Gasteiger partial charge on any atom is -0.313 e. The molecular weight excluding hydrogens is 244 g/mol. The minimum atomic E-state index is 0.179. The summed E-state index contributed by atoms with van der Waals surface area (Å²) in [5.41, 5.74) is 1.39. The zero-order valence-corrected chi connectivity index (χ0v) is 12.6. The van der Waals surface area contributed by atoms with E-state index < -0.39 is 0 Å². The van der Waals surface area contributed by atoms with Crippen molar-refractivity contribution in [1.29, 1.82) is 0 Å². The van der Waals surface area contributed by atoms with E-state index in [2.05, 4.69) is 44.4 Å². The molecule has 0 fully saturated rings. The Balaban J connectivity index is 2.24. The molecule has 3 heteroatoms. The maximum atomic E-state index is 6.12. The van der Waals surface area contributed by atoms with Crippen LogP contribution in [-0.2, 0) is 6.42 Å². The zero-order valence-electron chi connectivity index (χ0n) is 11.9. The van der Waals surface area contributed by atoms with Gasteiger partial charge in [0.25, 0.3) is 0 Å². The van der Waals surface area contributed by atoms with E-state index in [9.17, 15) is 0 Å². The first-order valence-corrected chi connectivity index (χ1v) is 6.98. The molecule has 0 aliphatic rings. The first-order valence-electron chi connectivity index (χ1n) is 6.60. The third kappa shape index (κ3) is 6.39. The molecule has 102 valence electrons. The Morgan fingerprint density at radius 1 is 1.22 bits per heavy atom. The Morgan fingerprint density at radius 2 is 1.89 bits per heavy atom. The summed E-state index contributed by atoms with van der Waals surface area (Å²) in [5, 5.41) is 7.86. The van der Waals surface area contributed by atoms with Gasteiger partial charge in [-0.05, 0) is 52.3 Å². The molecule has 0 saturated carbocycles. The monoisotopic (exact) mass is 268 g/mol. The van der Waals surface area contributed by atoms with E-state index in [1.807, 2.05) is 18.2 Å². The van der Waals surface area contributed by atoms with E-state index in [4.69, 9.17) is 11.6 Å². The van der Waals surface area contributed by atoms with E-state index in [-0.39, 0.29) is 5.54 Å². The van der Waals surface area contributed by atoms with Crippen LogP contribution < -0.4 is 10.6 Å². The van der Waals surface area contributed by atoms with Gasteiger partial charge in [0.05, 0.1) is 0 Å². The highest BCUT2D eigenvalue weighted by atomic mass is 35.5. The van der Waals surface area contributed by atoms with Crippen molar-refractivity contribution in [2.75, 3.05) is 13.1 Å². The standard InChI is InChI=1S/C15H25ClN2/c1-12(11-18-15(2,3)4)17-10-9-13-7-5-6-8-14(13)16/h5-8,12,17-18H,9-11H2,1-4H3. The molecule has 2 N–H and O–H groups in total. The molecule has 1 aromatic rings. The number of hydrogen-bond acceptors (Lipinski definition) is 2. The van der Waals surface area contributed by atoms with Gasteiger partial charge < -0.3 is 10.6 Å². The normalized spacial score (nSPS) is 13.6. The summed E-state index contributed by atoms with van der Waals surface area (Å²) in [5.74, 6) is 0. The van der Waals surface area contributed by atoms with Crippen molar-refractivity contribution in [3.63, 3.8) is 0 Å². The van der Waals surface area contributed by atoms with Gasteiger partial charge in [-0.15, -0.1) is 0 Å². The Hall–Kier alpha value is -0.570. The molecule has 0 spiro atoms. The van der Waals surface area contributed by atoms with Gasteiger partial charge in [0.2, 0.25) is 0 Å². The maximum Gasteiger partial charge on any atom is 0.0438 e. The fourth-order valence-corrected chi connectivity index (χ4v) is 1.92. The molecule has 0 aliphatic heterocycles. The summed E-state index contributed by atoms with van der Waals surface area (Å²) in [6.07, 6.45) is 0.972. The maximum absolute atomic E-state index is 6.12. The largest absolute Gasteiger partial charge is 0.313 e. The third-order valence-corrected chi connectivity index (χ3v) is 3.15. The molecule has 0 bridgehead atoms. The predicted octanol–water partition coefficient (Wildman–Crippen LogP) is 3.25. The van der Waals surface area contributed by atoms with Gasteiger partial charge in [-0.25, -0.2) is 0 Å². The highest BCUT2D eigenvalue weighted by Crippen LogP contribution is 2.14. The van der Waals surface area contributed by atoms with Crippen LogP contribution in [-0.4, -0.2) is 24.7 Å². The Labute approximate surface area is 116 Å². The average Bonchev–Trinajstić information content (AvgIpc) is 2.28. The number of hydrogen-bond donors (Lipinski definition) is 2. The molecular formula is C15H25ClN2. The summed E-state index contributed by atoms with van der Waals surface area (Å²) in [6.45, 7) is 10.7. The molecule has 1 atom stereocenters. The zero-order chi connectivity index (χ0) is 13.6. The average molecular weight is 269 g/mol. The lowest BCUT2D eigenvalue weighted by atomic mass is 10.1. The Morgan fingerprint density at radius 3 is 2.50 bits per heavy atom. The topological polar surface area (TPSA) is 24.1 Å². The van der Waals surface area contributed by atoms with Crippen molar-refractivity contribution in [3.8, 4) is 0 Å². The third-order valence-electron chi connectivity index (χ3n) is 2.78. The van der Waals surface area contributed by atoms with Crippen LogP contribution in [0.15, 0.2) is 24.3 Å². The van der Waals surface area contributed by atoms with Crippen molar-refractivity contribution < 1.29 is 0 Å². The molecule has 0 aromatic heterocycles. The van der Waals surface area contributed by atoms with Crippen LogP contribution in [0.1, 0.15) is 33.3 Å². The second-order valence-electron chi connectivity index (χ2n) is 5.83. The molecule has 0 radical (unpaired) electrons. The van der Waals surface area contributed by atoms with Crippen LogP contribution in [0.25, 0.3) is 0 Å². The van der Waals surface area contributed by atoms with E-state index in [1.165, 1.54) is 5.56 Å². The predicted molar refractivity (Wildman–Crippen MR) is 80.4 cm³/mol.